The average molecular weight is 334 g/mol. The Morgan fingerprint density at radius 1 is 1.29 bits per heavy atom. The molecule has 24 heavy (non-hydrogen) atoms. The first kappa shape index (κ1) is 18.2. The number of aromatic amines is 1. The van der Waals surface area contributed by atoms with Gasteiger partial charge < -0.3 is 15.0 Å². The lowest BCUT2D eigenvalue weighted by atomic mass is 9.76. The standard InChI is InChI=1S/C18H26N2O4/c1-11(2)7-14-8-13(9-15(21)19-14)16(22)20-6-5-18(10-20,12(3)4)17(23)24/h8-9,11-12H,5-7,10H2,1-4H3,(H,19,21)(H,23,24). The van der Waals surface area contributed by atoms with Gasteiger partial charge in [0.1, 0.15) is 0 Å². The lowest BCUT2D eigenvalue weighted by Crippen LogP contribution is -2.40. The van der Waals surface area contributed by atoms with Crippen LogP contribution < -0.4 is 5.56 Å². The third-order valence-electron chi connectivity index (χ3n) is 4.89. The molecule has 2 heterocycles. The molecule has 2 rings (SSSR count). The van der Waals surface area contributed by atoms with E-state index in [1.165, 1.54) is 6.07 Å². The fraction of sp³-hybridized carbons (Fsp3) is 0.611. The van der Waals surface area contributed by atoms with Crippen LogP contribution in [-0.2, 0) is 11.2 Å². The highest BCUT2D eigenvalue weighted by Crippen LogP contribution is 2.38. The number of amides is 1. The van der Waals surface area contributed by atoms with Crippen LogP contribution in [0.25, 0.3) is 0 Å². The summed E-state index contributed by atoms with van der Waals surface area (Å²) in [4.78, 5) is 40.6. The molecule has 1 aromatic heterocycles. The Labute approximate surface area is 141 Å². The number of carbonyl (C=O) groups is 2. The zero-order chi connectivity index (χ0) is 18.1. The highest BCUT2D eigenvalue weighted by Gasteiger charge is 2.48. The van der Waals surface area contributed by atoms with E-state index in [9.17, 15) is 19.5 Å². The Bertz CT molecular complexity index is 693. The van der Waals surface area contributed by atoms with E-state index in [0.29, 0.717) is 30.9 Å². The van der Waals surface area contributed by atoms with Crippen molar-refractivity contribution < 1.29 is 14.7 Å². The number of carboxylic acids is 1. The lowest BCUT2D eigenvalue weighted by Gasteiger charge is -2.28. The summed E-state index contributed by atoms with van der Waals surface area (Å²) in [6, 6.07) is 3.00. The Kier molecular flexibility index (Phi) is 5.16. The van der Waals surface area contributed by atoms with Crippen molar-refractivity contribution in [3.8, 4) is 0 Å². The van der Waals surface area contributed by atoms with Gasteiger partial charge in [0, 0.05) is 30.4 Å². The van der Waals surface area contributed by atoms with Crippen molar-refractivity contribution in [1.82, 2.24) is 9.88 Å². The average Bonchev–Trinajstić information content (AvgIpc) is 2.91. The van der Waals surface area contributed by atoms with Crippen molar-refractivity contribution >= 4 is 11.9 Å². The molecular formula is C18H26N2O4. The van der Waals surface area contributed by atoms with E-state index in [0.717, 1.165) is 5.69 Å². The molecule has 1 fully saturated rings. The molecule has 0 radical (unpaired) electrons. The first-order valence-electron chi connectivity index (χ1n) is 8.41. The number of rotatable bonds is 5. The van der Waals surface area contributed by atoms with Gasteiger partial charge in [0.25, 0.3) is 5.91 Å². The van der Waals surface area contributed by atoms with Gasteiger partial charge >= 0.3 is 5.97 Å². The summed E-state index contributed by atoms with van der Waals surface area (Å²) in [5.41, 5.74) is -0.144. The normalized spacial score (nSPS) is 20.8. The molecule has 0 spiro atoms. The van der Waals surface area contributed by atoms with Crippen LogP contribution in [0.1, 0.15) is 50.2 Å². The highest BCUT2D eigenvalue weighted by molar-refractivity contribution is 5.95. The minimum atomic E-state index is -0.905. The molecule has 0 saturated carbocycles. The molecule has 1 aromatic rings. The second kappa shape index (κ2) is 6.79. The molecule has 2 N–H and O–H groups in total. The van der Waals surface area contributed by atoms with Crippen molar-refractivity contribution in [2.45, 2.75) is 40.5 Å². The smallest absolute Gasteiger partial charge is 0.311 e. The van der Waals surface area contributed by atoms with Crippen molar-refractivity contribution in [3.63, 3.8) is 0 Å². The van der Waals surface area contributed by atoms with Crippen molar-refractivity contribution in [1.29, 1.82) is 0 Å². The maximum Gasteiger partial charge on any atom is 0.311 e. The third-order valence-corrected chi connectivity index (χ3v) is 4.89. The second-order valence-corrected chi connectivity index (χ2v) is 7.45. The predicted molar refractivity (Wildman–Crippen MR) is 91.0 cm³/mol. The van der Waals surface area contributed by atoms with Crippen LogP contribution in [0.2, 0.25) is 0 Å². The number of hydrogen-bond acceptors (Lipinski definition) is 3. The van der Waals surface area contributed by atoms with Gasteiger partial charge in [0.15, 0.2) is 0 Å². The molecule has 1 aliphatic heterocycles. The molecule has 1 atom stereocenters. The van der Waals surface area contributed by atoms with Gasteiger partial charge in [-0.1, -0.05) is 27.7 Å². The van der Waals surface area contributed by atoms with E-state index in [-0.39, 0.29) is 23.9 Å². The fourth-order valence-electron chi connectivity index (χ4n) is 3.36. The number of nitrogens with one attached hydrogen (secondary N) is 1. The molecule has 6 heteroatoms. The zero-order valence-corrected chi connectivity index (χ0v) is 14.8. The summed E-state index contributed by atoms with van der Waals surface area (Å²) in [7, 11) is 0. The van der Waals surface area contributed by atoms with E-state index < -0.39 is 11.4 Å². The SMILES string of the molecule is CC(C)Cc1cc(C(=O)N2CCC(C(=O)O)(C(C)C)C2)cc(=O)[nH]1. The maximum absolute atomic E-state index is 12.8. The fourth-order valence-corrected chi connectivity index (χ4v) is 3.36. The topological polar surface area (TPSA) is 90.5 Å². The van der Waals surface area contributed by atoms with Crippen molar-refractivity contribution in [2.24, 2.45) is 17.3 Å². The Hall–Kier alpha value is -2.11. The van der Waals surface area contributed by atoms with Gasteiger partial charge in [-0.25, -0.2) is 0 Å². The quantitative estimate of drug-likeness (QED) is 0.863. The lowest BCUT2D eigenvalue weighted by molar-refractivity contribution is -0.150. The van der Waals surface area contributed by atoms with E-state index in [1.54, 1.807) is 11.0 Å². The number of carboxylic acid groups (broad SMARTS) is 1. The molecule has 0 aromatic carbocycles. The minimum Gasteiger partial charge on any atom is -0.481 e. The summed E-state index contributed by atoms with van der Waals surface area (Å²) >= 11 is 0. The summed E-state index contributed by atoms with van der Waals surface area (Å²) in [6.07, 6.45) is 1.12. The van der Waals surface area contributed by atoms with Gasteiger partial charge in [0.05, 0.1) is 5.41 Å². The highest BCUT2D eigenvalue weighted by atomic mass is 16.4. The van der Waals surface area contributed by atoms with Crippen LogP contribution in [0.3, 0.4) is 0 Å². The number of H-pyrrole nitrogens is 1. The second-order valence-electron chi connectivity index (χ2n) is 7.45. The summed E-state index contributed by atoms with van der Waals surface area (Å²) in [5.74, 6) is -0.837. The molecule has 1 unspecified atom stereocenters. The maximum atomic E-state index is 12.8. The third kappa shape index (κ3) is 3.52. The summed E-state index contributed by atoms with van der Waals surface area (Å²) in [6.45, 7) is 8.40. The summed E-state index contributed by atoms with van der Waals surface area (Å²) < 4.78 is 0. The largest absolute Gasteiger partial charge is 0.481 e. The number of hydrogen-bond donors (Lipinski definition) is 2. The summed E-state index contributed by atoms with van der Waals surface area (Å²) in [5, 5.41) is 9.60. The number of pyridine rings is 1. The Balaban J connectivity index is 2.26. The minimum absolute atomic E-state index is 0.0662. The molecular weight excluding hydrogens is 308 g/mol. The van der Waals surface area contributed by atoms with E-state index >= 15 is 0 Å². The molecule has 1 aliphatic rings. The van der Waals surface area contributed by atoms with Crippen molar-refractivity contribution in [2.75, 3.05) is 13.1 Å². The van der Waals surface area contributed by atoms with Crippen LogP contribution in [0.5, 0.6) is 0 Å². The monoisotopic (exact) mass is 334 g/mol. The first-order chi connectivity index (χ1) is 11.2. The van der Waals surface area contributed by atoms with Crippen molar-refractivity contribution in [3.05, 3.63) is 33.7 Å². The van der Waals surface area contributed by atoms with Gasteiger partial charge in [-0.3, -0.25) is 14.4 Å². The molecule has 1 amide bonds. The van der Waals surface area contributed by atoms with E-state index in [4.69, 9.17) is 0 Å². The Morgan fingerprint density at radius 2 is 1.96 bits per heavy atom. The van der Waals surface area contributed by atoms with Crippen LogP contribution in [0.15, 0.2) is 16.9 Å². The van der Waals surface area contributed by atoms with Crippen LogP contribution in [0, 0.1) is 17.3 Å². The van der Waals surface area contributed by atoms with Crippen LogP contribution in [0.4, 0.5) is 0 Å². The number of aliphatic carboxylic acids is 1. The zero-order valence-electron chi connectivity index (χ0n) is 14.8. The molecule has 6 nitrogen and oxygen atoms in total. The molecule has 0 bridgehead atoms. The molecule has 1 saturated heterocycles. The first-order valence-corrected chi connectivity index (χ1v) is 8.41. The number of carbonyl (C=O) groups excluding carboxylic acids is 1. The number of aromatic nitrogens is 1. The Morgan fingerprint density at radius 3 is 2.46 bits per heavy atom. The predicted octanol–water partition coefficient (Wildman–Crippen LogP) is 2.15. The van der Waals surface area contributed by atoms with Gasteiger partial charge in [-0.15, -0.1) is 0 Å². The van der Waals surface area contributed by atoms with E-state index in [1.807, 2.05) is 27.7 Å². The van der Waals surface area contributed by atoms with E-state index in [2.05, 4.69) is 4.98 Å². The number of nitrogens with zero attached hydrogens (tertiary/aromatic N) is 1. The molecule has 0 aliphatic carbocycles. The van der Waals surface area contributed by atoms with Crippen LogP contribution >= 0.6 is 0 Å². The van der Waals surface area contributed by atoms with Gasteiger partial charge in [-0.05, 0) is 30.7 Å². The van der Waals surface area contributed by atoms with Gasteiger partial charge in [-0.2, -0.15) is 0 Å². The van der Waals surface area contributed by atoms with Gasteiger partial charge in [0.2, 0.25) is 5.56 Å². The molecule has 132 valence electrons. The van der Waals surface area contributed by atoms with Crippen LogP contribution in [-0.4, -0.2) is 40.0 Å². The number of likely N-dealkylation sites (tertiary alicyclic amines) is 1.